The van der Waals surface area contributed by atoms with Crippen LogP contribution in [0, 0.1) is 28.1 Å². The van der Waals surface area contributed by atoms with Crippen LogP contribution in [0.5, 0.6) is 0 Å². The normalized spacial score (nSPS) is 25.6. The van der Waals surface area contributed by atoms with Crippen LogP contribution >= 0.6 is 0 Å². The van der Waals surface area contributed by atoms with E-state index in [0.717, 1.165) is 0 Å². The van der Waals surface area contributed by atoms with Crippen LogP contribution in [-0.2, 0) is 28.7 Å². The Hall–Kier alpha value is -2.73. The van der Waals surface area contributed by atoms with Gasteiger partial charge in [0.2, 0.25) is 11.8 Å². The third kappa shape index (κ3) is 7.91. The Balaban J connectivity index is 2.12. The minimum atomic E-state index is -1.20. The number of piperidine rings is 2. The molecule has 0 aromatic rings. The van der Waals surface area contributed by atoms with Crippen molar-refractivity contribution in [3.8, 4) is 0 Å². The smallest absolute Gasteiger partial charge is 0.310 e. The molecule has 3 unspecified atom stereocenters. The van der Waals surface area contributed by atoms with E-state index in [1.807, 2.05) is 18.7 Å². The number of hydrogen-bond donors (Lipinski definition) is 3. The van der Waals surface area contributed by atoms with Crippen LogP contribution in [-0.4, -0.2) is 114 Å². The molecular weight excluding hydrogens is 508 g/mol. The van der Waals surface area contributed by atoms with Crippen molar-refractivity contribution < 1.29 is 38.9 Å². The number of rotatable bonds is 13. The summed E-state index contributed by atoms with van der Waals surface area (Å²) >= 11 is 0. The average Bonchev–Trinajstić information content (AvgIpc) is 2.84. The number of esters is 1. The molecule has 2 fully saturated rings. The van der Waals surface area contributed by atoms with Gasteiger partial charge in [-0.3, -0.25) is 28.9 Å². The van der Waals surface area contributed by atoms with Crippen LogP contribution in [0.2, 0.25) is 0 Å². The molecular formula is C27H46N4O8. The molecule has 2 aliphatic rings. The second kappa shape index (κ2) is 12.6. The molecule has 0 aliphatic carbocycles. The van der Waals surface area contributed by atoms with E-state index in [1.54, 1.807) is 25.7 Å². The number of carbonyl (C=O) groups is 5. The third-order valence-electron chi connectivity index (χ3n) is 8.12. The van der Waals surface area contributed by atoms with Crippen LogP contribution in [0.15, 0.2) is 0 Å². The number of carbonyl (C=O) groups excluding carboxylic acids is 3. The van der Waals surface area contributed by atoms with Crippen molar-refractivity contribution in [1.29, 1.82) is 0 Å². The number of aliphatic carboxylic acids is 2. The van der Waals surface area contributed by atoms with Gasteiger partial charge in [-0.1, -0.05) is 20.8 Å². The van der Waals surface area contributed by atoms with Crippen LogP contribution in [0.3, 0.4) is 0 Å². The zero-order chi connectivity index (χ0) is 29.8. The van der Waals surface area contributed by atoms with Gasteiger partial charge in [0.1, 0.15) is 0 Å². The number of ether oxygens (including phenoxy) is 1. The van der Waals surface area contributed by atoms with Crippen molar-refractivity contribution >= 4 is 29.7 Å². The van der Waals surface area contributed by atoms with Crippen LogP contribution in [0.1, 0.15) is 53.9 Å². The van der Waals surface area contributed by atoms with E-state index in [0.29, 0.717) is 39.1 Å². The van der Waals surface area contributed by atoms with Gasteiger partial charge in [-0.05, 0) is 33.1 Å². The largest absolute Gasteiger partial charge is 0.481 e. The summed E-state index contributed by atoms with van der Waals surface area (Å²) in [6, 6.07) is 0. The number of nitrogens with zero attached hydrogens (tertiary/aromatic N) is 3. The lowest BCUT2D eigenvalue weighted by Crippen LogP contribution is -2.56. The van der Waals surface area contributed by atoms with E-state index in [9.17, 15) is 34.2 Å². The fraction of sp³-hybridized carbons (Fsp3) is 0.815. The highest BCUT2D eigenvalue weighted by Gasteiger charge is 2.50. The predicted octanol–water partition coefficient (Wildman–Crippen LogP) is 0.735. The number of carboxylic acids is 2. The molecule has 2 aliphatic heterocycles. The summed E-state index contributed by atoms with van der Waals surface area (Å²) in [5.74, 6) is -3.90. The number of nitrogens with two attached hydrogens (primary N) is 1. The molecule has 2 amide bonds. The van der Waals surface area contributed by atoms with E-state index in [-0.39, 0.29) is 50.3 Å². The molecule has 2 rings (SSSR count). The van der Waals surface area contributed by atoms with E-state index in [1.165, 1.54) is 12.0 Å². The molecule has 12 nitrogen and oxygen atoms in total. The first kappa shape index (κ1) is 32.5. The summed E-state index contributed by atoms with van der Waals surface area (Å²) in [4.78, 5) is 67.7. The molecule has 12 heteroatoms. The highest BCUT2D eigenvalue weighted by Crippen LogP contribution is 2.43. The number of methoxy groups -OCH3 is 1. The van der Waals surface area contributed by atoms with Crippen LogP contribution < -0.4 is 5.73 Å². The molecule has 0 aromatic heterocycles. The van der Waals surface area contributed by atoms with Gasteiger partial charge in [0.15, 0.2) is 0 Å². The zero-order valence-corrected chi connectivity index (χ0v) is 24.2. The van der Waals surface area contributed by atoms with Gasteiger partial charge in [0.05, 0.1) is 24.4 Å². The highest BCUT2D eigenvalue weighted by molar-refractivity contribution is 5.87. The molecule has 3 atom stereocenters. The van der Waals surface area contributed by atoms with Crippen molar-refractivity contribution in [1.82, 2.24) is 14.7 Å². The number of hydrogen-bond acceptors (Lipinski definition) is 8. The lowest BCUT2D eigenvalue weighted by atomic mass is 9.67. The summed E-state index contributed by atoms with van der Waals surface area (Å²) in [7, 11) is 1.34. The second-order valence-electron chi connectivity index (χ2n) is 12.6. The van der Waals surface area contributed by atoms with E-state index in [4.69, 9.17) is 10.5 Å². The number of likely N-dealkylation sites (tertiary alicyclic amines) is 2. The number of amides is 2. The van der Waals surface area contributed by atoms with Gasteiger partial charge in [-0.2, -0.15) is 0 Å². The quantitative estimate of drug-likeness (QED) is 0.276. The maximum absolute atomic E-state index is 13.5. The molecule has 39 heavy (non-hydrogen) atoms. The minimum Gasteiger partial charge on any atom is -0.481 e. The van der Waals surface area contributed by atoms with E-state index < -0.39 is 40.0 Å². The molecule has 222 valence electrons. The Labute approximate surface area is 230 Å². The Morgan fingerprint density at radius 3 is 2.00 bits per heavy atom. The van der Waals surface area contributed by atoms with Crippen molar-refractivity contribution in [2.24, 2.45) is 33.8 Å². The zero-order valence-electron chi connectivity index (χ0n) is 24.2. The maximum atomic E-state index is 13.5. The Morgan fingerprint density at radius 1 is 0.974 bits per heavy atom. The molecule has 0 spiro atoms. The lowest BCUT2D eigenvalue weighted by molar-refractivity contribution is -0.161. The molecule has 2 heterocycles. The van der Waals surface area contributed by atoms with E-state index in [2.05, 4.69) is 0 Å². The first-order valence-corrected chi connectivity index (χ1v) is 13.5. The topological polar surface area (TPSA) is 171 Å². The van der Waals surface area contributed by atoms with Gasteiger partial charge in [0.25, 0.3) is 0 Å². The fourth-order valence-corrected chi connectivity index (χ4v) is 6.09. The van der Waals surface area contributed by atoms with Gasteiger partial charge >= 0.3 is 17.9 Å². The van der Waals surface area contributed by atoms with Crippen LogP contribution in [0.25, 0.3) is 0 Å². The first-order chi connectivity index (χ1) is 18.0. The summed E-state index contributed by atoms with van der Waals surface area (Å²) in [6.07, 6.45) is 0.519. The fourth-order valence-electron chi connectivity index (χ4n) is 6.09. The summed E-state index contributed by atoms with van der Waals surface area (Å²) in [6.45, 7) is 11.0. The van der Waals surface area contributed by atoms with Gasteiger partial charge < -0.3 is 30.5 Å². The van der Waals surface area contributed by atoms with Gasteiger partial charge in [-0.15, -0.1) is 0 Å². The predicted molar refractivity (Wildman–Crippen MR) is 142 cm³/mol. The molecule has 4 N–H and O–H groups in total. The summed E-state index contributed by atoms with van der Waals surface area (Å²) < 4.78 is 4.92. The molecule has 2 saturated heterocycles. The Kier molecular flexibility index (Phi) is 10.5. The lowest BCUT2D eigenvalue weighted by Gasteiger charge is -2.45. The van der Waals surface area contributed by atoms with E-state index >= 15 is 0 Å². The highest BCUT2D eigenvalue weighted by atomic mass is 16.5. The second-order valence-corrected chi connectivity index (χ2v) is 12.6. The van der Waals surface area contributed by atoms with Crippen LogP contribution in [0.4, 0.5) is 0 Å². The Bertz CT molecular complexity index is 952. The monoisotopic (exact) mass is 554 g/mol. The summed E-state index contributed by atoms with van der Waals surface area (Å²) in [5, 5.41) is 19.4. The first-order valence-electron chi connectivity index (χ1n) is 13.5. The average molecular weight is 555 g/mol. The standard InChI is InChI=1S/C27H46N4O8/c1-25(2)13-19(21(34)39-6)16-30(22(25)35)11-9-29(8-7-28)10-12-31-15-18(20(32)33)14-27(5,23(31)36)17-26(3,4)24(37)38/h18-19H,7-17,28H2,1-6H3,(H,32,33)(H,37,38). The van der Waals surface area contributed by atoms with Gasteiger partial charge in [0, 0.05) is 63.2 Å². The van der Waals surface area contributed by atoms with Crippen molar-refractivity contribution in [3.63, 3.8) is 0 Å². The van der Waals surface area contributed by atoms with Gasteiger partial charge in [-0.25, -0.2) is 0 Å². The third-order valence-corrected chi connectivity index (χ3v) is 8.12. The van der Waals surface area contributed by atoms with Crippen molar-refractivity contribution in [2.45, 2.75) is 53.9 Å². The minimum absolute atomic E-state index is 0.0230. The molecule has 0 saturated carbocycles. The van der Waals surface area contributed by atoms with Crippen molar-refractivity contribution in [2.75, 3.05) is 59.5 Å². The number of carboxylic acid groups (broad SMARTS) is 2. The molecule has 0 radical (unpaired) electrons. The molecule has 0 aromatic carbocycles. The summed E-state index contributed by atoms with van der Waals surface area (Å²) in [5.41, 5.74) is 2.81. The SMILES string of the molecule is COC(=O)C1CN(CCN(CCN)CCN2CC(C(=O)O)CC(C)(CC(C)(C)C(=O)O)C2=O)C(=O)C(C)(C)C1. The van der Waals surface area contributed by atoms with Crippen molar-refractivity contribution in [3.05, 3.63) is 0 Å². The Morgan fingerprint density at radius 2 is 1.51 bits per heavy atom. The molecule has 0 bridgehead atoms. The maximum Gasteiger partial charge on any atom is 0.310 e.